The molecule has 2 atom stereocenters. The van der Waals surface area contributed by atoms with E-state index < -0.39 is 10.0 Å². The summed E-state index contributed by atoms with van der Waals surface area (Å²) in [6.45, 7) is 7.29. The van der Waals surface area contributed by atoms with Gasteiger partial charge < -0.3 is 5.32 Å². The number of benzene rings is 2. The summed E-state index contributed by atoms with van der Waals surface area (Å²) in [6.07, 6.45) is 1.87. The monoisotopic (exact) mass is 400 g/mol. The molecule has 0 radical (unpaired) electrons. The third-order valence-corrected chi connectivity index (χ3v) is 7.08. The lowest BCUT2D eigenvalue weighted by atomic mass is 9.94. The van der Waals surface area contributed by atoms with Crippen LogP contribution in [0.5, 0.6) is 0 Å². The Kier molecular flexibility index (Phi) is 6.20. The SMILES string of the molecule is CCc1ccccc1NC(=O)c1ccc(S(=O)(=O)N2CC(C)CC(C)C2)cc1. The van der Waals surface area contributed by atoms with Crippen molar-refractivity contribution in [3.05, 3.63) is 59.7 Å². The van der Waals surface area contributed by atoms with E-state index in [1.165, 1.54) is 12.1 Å². The lowest BCUT2D eigenvalue weighted by Crippen LogP contribution is -2.42. The minimum absolute atomic E-state index is 0.235. The van der Waals surface area contributed by atoms with E-state index in [1.807, 2.05) is 31.2 Å². The zero-order valence-electron chi connectivity index (χ0n) is 16.7. The first-order valence-corrected chi connectivity index (χ1v) is 11.2. The van der Waals surface area contributed by atoms with Crippen LogP contribution in [0.3, 0.4) is 0 Å². The summed E-state index contributed by atoms with van der Waals surface area (Å²) >= 11 is 0. The summed E-state index contributed by atoms with van der Waals surface area (Å²) in [6, 6.07) is 13.9. The van der Waals surface area contributed by atoms with Crippen molar-refractivity contribution in [2.24, 2.45) is 11.8 Å². The average molecular weight is 401 g/mol. The van der Waals surface area contributed by atoms with Crippen molar-refractivity contribution in [1.29, 1.82) is 0 Å². The zero-order chi connectivity index (χ0) is 20.3. The third-order valence-electron chi connectivity index (χ3n) is 5.24. The maximum absolute atomic E-state index is 13.0. The first-order chi connectivity index (χ1) is 13.3. The van der Waals surface area contributed by atoms with Crippen LogP contribution in [0, 0.1) is 11.8 Å². The van der Waals surface area contributed by atoms with Gasteiger partial charge in [-0.05, 0) is 60.6 Å². The van der Waals surface area contributed by atoms with E-state index in [9.17, 15) is 13.2 Å². The van der Waals surface area contributed by atoms with Crippen LogP contribution in [0.1, 0.15) is 43.1 Å². The van der Waals surface area contributed by atoms with Gasteiger partial charge in [0.05, 0.1) is 4.90 Å². The van der Waals surface area contributed by atoms with Crippen molar-refractivity contribution < 1.29 is 13.2 Å². The van der Waals surface area contributed by atoms with Crippen molar-refractivity contribution in [3.63, 3.8) is 0 Å². The van der Waals surface area contributed by atoms with Crippen molar-refractivity contribution in [1.82, 2.24) is 4.31 Å². The van der Waals surface area contributed by atoms with Crippen molar-refractivity contribution >= 4 is 21.6 Å². The maximum atomic E-state index is 13.0. The highest BCUT2D eigenvalue weighted by atomic mass is 32.2. The number of anilines is 1. The number of nitrogens with zero attached hydrogens (tertiary/aromatic N) is 1. The maximum Gasteiger partial charge on any atom is 0.255 e. The minimum atomic E-state index is -3.54. The van der Waals surface area contributed by atoms with Crippen LogP contribution in [0.2, 0.25) is 0 Å². The minimum Gasteiger partial charge on any atom is -0.322 e. The lowest BCUT2D eigenvalue weighted by Gasteiger charge is -2.34. The Labute approximate surface area is 167 Å². The van der Waals surface area contributed by atoms with Crippen LogP contribution in [0.25, 0.3) is 0 Å². The van der Waals surface area contributed by atoms with Gasteiger partial charge in [0.1, 0.15) is 0 Å². The fourth-order valence-corrected chi connectivity index (χ4v) is 5.55. The van der Waals surface area contributed by atoms with Crippen LogP contribution >= 0.6 is 0 Å². The fraction of sp³-hybridized carbons (Fsp3) is 0.409. The highest BCUT2D eigenvalue weighted by molar-refractivity contribution is 7.89. The van der Waals surface area contributed by atoms with Crippen LogP contribution in [0.4, 0.5) is 5.69 Å². The molecular weight excluding hydrogens is 372 g/mol. The number of carbonyl (C=O) groups excluding carboxylic acids is 1. The largest absolute Gasteiger partial charge is 0.322 e. The summed E-state index contributed by atoms with van der Waals surface area (Å²) in [5.74, 6) is 0.453. The number of nitrogens with one attached hydrogen (secondary N) is 1. The van der Waals surface area contributed by atoms with E-state index in [0.29, 0.717) is 30.5 Å². The first-order valence-electron chi connectivity index (χ1n) is 9.80. The quantitative estimate of drug-likeness (QED) is 0.819. The molecule has 0 spiro atoms. The van der Waals surface area contributed by atoms with Crippen LogP contribution in [-0.4, -0.2) is 31.7 Å². The van der Waals surface area contributed by atoms with Gasteiger partial charge in [-0.3, -0.25) is 4.79 Å². The normalized spacial score (nSPS) is 20.7. The van der Waals surface area contributed by atoms with E-state index in [4.69, 9.17) is 0 Å². The summed E-state index contributed by atoms with van der Waals surface area (Å²) in [5.41, 5.74) is 2.27. The molecule has 1 heterocycles. The Bertz CT molecular complexity index is 929. The molecule has 1 N–H and O–H groups in total. The topological polar surface area (TPSA) is 66.5 Å². The molecule has 2 unspecified atom stereocenters. The second-order valence-corrected chi connectivity index (χ2v) is 9.70. The number of sulfonamides is 1. The van der Waals surface area contributed by atoms with Gasteiger partial charge in [0.15, 0.2) is 0 Å². The molecule has 1 aliphatic heterocycles. The highest BCUT2D eigenvalue weighted by Gasteiger charge is 2.31. The predicted molar refractivity (Wildman–Crippen MR) is 112 cm³/mol. The number of carbonyl (C=O) groups is 1. The van der Waals surface area contributed by atoms with E-state index in [1.54, 1.807) is 16.4 Å². The number of hydrogen-bond acceptors (Lipinski definition) is 3. The van der Waals surface area contributed by atoms with Gasteiger partial charge >= 0.3 is 0 Å². The Morgan fingerprint density at radius 2 is 1.64 bits per heavy atom. The number of rotatable bonds is 5. The van der Waals surface area contributed by atoms with Gasteiger partial charge in [-0.2, -0.15) is 4.31 Å². The second kappa shape index (κ2) is 8.45. The fourth-order valence-electron chi connectivity index (χ4n) is 3.87. The number of para-hydroxylation sites is 1. The molecule has 1 amide bonds. The van der Waals surface area contributed by atoms with E-state index in [0.717, 1.165) is 24.1 Å². The number of hydrogen-bond donors (Lipinski definition) is 1. The smallest absolute Gasteiger partial charge is 0.255 e. The van der Waals surface area contributed by atoms with Gasteiger partial charge in [0.2, 0.25) is 10.0 Å². The molecule has 2 aromatic rings. The number of aryl methyl sites for hydroxylation is 1. The molecule has 0 bridgehead atoms. The highest BCUT2D eigenvalue weighted by Crippen LogP contribution is 2.27. The Balaban J connectivity index is 1.76. The van der Waals surface area contributed by atoms with Crippen LogP contribution in [-0.2, 0) is 16.4 Å². The van der Waals surface area contributed by atoms with Crippen molar-refractivity contribution in [2.45, 2.75) is 38.5 Å². The standard InChI is InChI=1S/C22H28N2O3S/c1-4-18-7-5-6-8-21(18)23-22(25)19-9-11-20(12-10-19)28(26,27)24-14-16(2)13-17(3)15-24/h5-12,16-17H,4,13-15H2,1-3H3,(H,23,25). The lowest BCUT2D eigenvalue weighted by molar-refractivity contribution is 0.102. The van der Waals surface area contributed by atoms with Crippen molar-refractivity contribution in [3.8, 4) is 0 Å². The third kappa shape index (κ3) is 4.45. The molecule has 3 rings (SSSR count). The molecule has 0 aliphatic carbocycles. The Hall–Kier alpha value is -2.18. The molecule has 5 nitrogen and oxygen atoms in total. The Morgan fingerprint density at radius 1 is 1.04 bits per heavy atom. The first kappa shape index (κ1) is 20.6. The molecule has 150 valence electrons. The van der Waals surface area contributed by atoms with Gasteiger partial charge in [0, 0.05) is 24.3 Å². The molecule has 1 saturated heterocycles. The summed E-state index contributed by atoms with van der Waals surface area (Å²) in [7, 11) is -3.54. The Morgan fingerprint density at radius 3 is 2.25 bits per heavy atom. The molecule has 0 saturated carbocycles. The molecule has 1 aliphatic rings. The molecule has 0 aromatic heterocycles. The summed E-state index contributed by atoms with van der Waals surface area (Å²) in [5, 5.41) is 2.91. The van der Waals surface area contributed by atoms with Gasteiger partial charge in [-0.1, -0.05) is 39.0 Å². The molecule has 28 heavy (non-hydrogen) atoms. The molecule has 2 aromatic carbocycles. The van der Waals surface area contributed by atoms with Crippen molar-refractivity contribution in [2.75, 3.05) is 18.4 Å². The van der Waals surface area contributed by atoms with E-state index in [-0.39, 0.29) is 10.8 Å². The van der Waals surface area contributed by atoms with E-state index in [2.05, 4.69) is 19.2 Å². The molecule has 6 heteroatoms. The second-order valence-electron chi connectivity index (χ2n) is 7.76. The summed E-state index contributed by atoms with van der Waals surface area (Å²) < 4.78 is 27.5. The van der Waals surface area contributed by atoms with Crippen LogP contribution in [0.15, 0.2) is 53.4 Å². The average Bonchev–Trinajstić information content (AvgIpc) is 2.67. The predicted octanol–water partition coefficient (Wildman–Crippen LogP) is 4.17. The van der Waals surface area contributed by atoms with Gasteiger partial charge in [-0.15, -0.1) is 0 Å². The zero-order valence-corrected chi connectivity index (χ0v) is 17.5. The number of amides is 1. The van der Waals surface area contributed by atoms with Gasteiger partial charge in [-0.25, -0.2) is 8.42 Å². The summed E-state index contributed by atoms with van der Waals surface area (Å²) in [4.78, 5) is 12.8. The van der Waals surface area contributed by atoms with E-state index >= 15 is 0 Å². The molecule has 1 fully saturated rings. The van der Waals surface area contributed by atoms with Gasteiger partial charge in [0.25, 0.3) is 5.91 Å². The van der Waals surface area contributed by atoms with Crippen LogP contribution < -0.4 is 5.32 Å². The molecular formula is C22H28N2O3S. The number of piperidine rings is 1.